The molecule has 6 nitrogen and oxygen atoms in total. The molecule has 4 rings (SSSR count). The van der Waals surface area contributed by atoms with Crippen LogP contribution in [0, 0.1) is 5.92 Å². The lowest BCUT2D eigenvalue weighted by molar-refractivity contribution is -0.117. The first-order valence-corrected chi connectivity index (χ1v) is 10.5. The number of carbonyl (C=O) groups excluding carboxylic acids is 2. The lowest BCUT2D eigenvalue weighted by atomic mass is 10.1. The molecule has 0 unspecified atom stereocenters. The predicted octanol–water partition coefficient (Wildman–Crippen LogP) is 2.15. The number of benzene rings is 2. The van der Waals surface area contributed by atoms with Crippen molar-refractivity contribution in [2.45, 2.75) is 24.2 Å². The molecule has 0 radical (unpaired) electrons. The number of rotatable bonds is 6. The summed E-state index contributed by atoms with van der Waals surface area (Å²) in [6, 6.07) is 13.5. The van der Waals surface area contributed by atoms with E-state index in [0.717, 1.165) is 30.5 Å². The maximum absolute atomic E-state index is 12.5. The highest BCUT2D eigenvalue weighted by molar-refractivity contribution is 7.89. The number of carbonyl (C=O) groups is 2. The Labute approximate surface area is 158 Å². The second-order valence-electron chi connectivity index (χ2n) is 6.91. The predicted molar refractivity (Wildman–Crippen MR) is 101 cm³/mol. The molecule has 1 amide bonds. The Balaban J connectivity index is 1.41. The van der Waals surface area contributed by atoms with Gasteiger partial charge in [0.1, 0.15) is 0 Å². The number of hydrogen-bond donors (Lipinski definition) is 1. The third-order valence-corrected chi connectivity index (χ3v) is 6.42. The Morgan fingerprint density at radius 1 is 1.04 bits per heavy atom. The van der Waals surface area contributed by atoms with Gasteiger partial charge in [-0.25, -0.2) is 13.1 Å². The second kappa shape index (κ2) is 6.90. The van der Waals surface area contributed by atoms with Crippen molar-refractivity contribution in [3.8, 4) is 0 Å². The fourth-order valence-electron chi connectivity index (χ4n) is 3.31. The Hall–Kier alpha value is -2.51. The summed E-state index contributed by atoms with van der Waals surface area (Å²) in [5, 5.41) is 0. The molecule has 0 aromatic heterocycles. The highest BCUT2D eigenvalue weighted by Gasteiger charge is 2.30. The van der Waals surface area contributed by atoms with E-state index in [4.69, 9.17) is 0 Å². The van der Waals surface area contributed by atoms with Crippen LogP contribution in [0.4, 0.5) is 5.69 Å². The molecule has 1 fully saturated rings. The fourth-order valence-corrected chi connectivity index (χ4v) is 4.29. The number of Topliss-reactive ketones (excluding diaryl/α,β-unsaturated/α-hetero) is 1. The SMILES string of the molecule is O=C(c1ccc(S(=O)(=O)NCC(=O)N2CCc3ccccc32)cc1)C1CC1. The third kappa shape index (κ3) is 3.65. The summed E-state index contributed by atoms with van der Waals surface area (Å²) in [6.07, 6.45) is 2.58. The van der Waals surface area contributed by atoms with Crippen LogP contribution in [-0.2, 0) is 21.2 Å². The smallest absolute Gasteiger partial charge is 0.242 e. The van der Waals surface area contributed by atoms with E-state index in [9.17, 15) is 18.0 Å². The molecule has 1 aliphatic heterocycles. The van der Waals surface area contributed by atoms with Crippen molar-refractivity contribution in [2.24, 2.45) is 5.92 Å². The van der Waals surface area contributed by atoms with Crippen LogP contribution in [-0.4, -0.2) is 33.2 Å². The first kappa shape index (κ1) is 17.9. The first-order chi connectivity index (χ1) is 13.0. The van der Waals surface area contributed by atoms with Crippen LogP contribution < -0.4 is 9.62 Å². The molecule has 2 aromatic rings. The lowest BCUT2D eigenvalue weighted by Gasteiger charge is -2.17. The number of anilines is 1. The van der Waals surface area contributed by atoms with Crippen molar-refractivity contribution >= 4 is 27.4 Å². The standard InChI is InChI=1S/C20H20N2O4S/c23-19(22-12-11-14-3-1-2-4-18(14)22)13-21-27(25,26)17-9-7-16(8-10-17)20(24)15-5-6-15/h1-4,7-10,15,21H,5-6,11-13H2. The Morgan fingerprint density at radius 3 is 2.44 bits per heavy atom. The molecule has 2 aromatic carbocycles. The molecule has 0 spiro atoms. The van der Waals surface area contributed by atoms with Crippen molar-refractivity contribution in [3.63, 3.8) is 0 Å². The first-order valence-electron chi connectivity index (χ1n) is 8.98. The van der Waals surface area contributed by atoms with Gasteiger partial charge in [-0.3, -0.25) is 9.59 Å². The van der Waals surface area contributed by atoms with Crippen LogP contribution in [0.1, 0.15) is 28.8 Å². The molecule has 0 bridgehead atoms. The summed E-state index contributed by atoms with van der Waals surface area (Å²) in [5.74, 6) is -0.134. The number of amides is 1. The number of para-hydroxylation sites is 1. The summed E-state index contributed by atoms with van der Waals surface area (Å²) < 4.78 is 27.3. The van der Waals surface area contributed by atoms with Crippen LogP contribution in [0.25, 0.3) is 0 Å². The normalized spacial score (nSPS) is 16.2. The van der Waals surface area contributed by atoms with Gasteiger partial charge in [0.2, 0.25) is 15.9 Å². The fraction of sp³-hybridized carbons (Fsp3) is 0.300. The van der Waals surface area contributed by atoms with Gasteiger partial charge in [0.15, 0.2) is 5.78 Å². The summed E-state index contributed by atoms with van der Waals surface area (Å²) in [7, 11) is -3.82. The largest absolute Gasteiger partial charge is 0.311 e. The van der Waals surface area contributed by atoms with Crippen molar-refractivity contribution in [1.82, 2.24) is 4.72 Å². The van der Waals surface area contributed by atoms with Gasteiger partial charge >= 0.3 is 0 Å². The monoisotopic (exact) mass is 384 g/mol. The van der Waals surface area contributed by atoms with E-state index >= 15 is 0 Å². The zero-order chi connectivity index (χ0) is 19.0. The molecule has 7 heteroatoms. The molecule has 1 saturated carbocycles. The maximum Gasteiger partial charge on any atom is 0.242 e. The molecule has 27 heavy (non-hydrogen) atoms. The molecule has 1 N–H and O–H groups in total. The van der Waals surface area contributed by atoms with Crippen LogP contribution >= 0.6 is 0 Å². The zero-order valence-electron chi connectivity index (χ0n) is 14.7. The van der Waals surface area contributed by atoms with Gasteiger partial charge in [-0.1, -0.05) is 30.3 Å². The zero-order valence-corrected chi connectivity index (χ0v) is 15.5. The van der Waals surface area contributed by atoms with Gasteiger partial charge in [-0.15, -0.1) is 0 Å². The number of fused-ring (bicyclic) bond motifs is 1. The lowest BCUT2D eigenvalue weighted by Crippen LogP contribution is -2.39. The van der Waals surface area contributed by atoms with E-state index in [1.54, 1.807) is 4.90 Å². The minimum absolute atomic E-state index is 0.0458. The maximum atomic E-state index is 12.5. The van der Waals surface area contributed by atoms with Gasteiger partial charge < -0.3 is 4.90 Å². The Bertz CT molecular complexity index is 995. The number of ketones is 1. The molecular formula is C20H20N2O4S. The van der Waals surface area contributed by atoms with Gasteiger partial charge in [-0.2, -0.15) is 0 Å². The van der Waals surface area contributed by atoms with Crippen molar-refractivity contribution < 1.29 is 18.0 Å². The quantitative estimate of drug-likeness (QED) is 0.774. The average Bonchev–Trinajstić information content (AvgIpc) is 3.44. The molecule has 140 valence electrons. The van der Waals surface area contributed by atoms with Crippen LogP contribution in [0.15, 0.2) is 53.4 Å². The van der Waals surface area contributed by atoms with Crippen molar-refractivity contribution in [3.05, 3.63) is 59.7 Å². The minimum atomic E-state index is -3.82. The van der Waals surface area contributed by atoms with Crippen LogP contribution in [0.5, 0.6) is 0 Å². The van der Waals surface area contributed by atoms with Crippen LogP contribution in [0.2, 0.25) is 0 Å². The van der Waals surface area contributed by atoms with Gasteiger partial charge in [0, 0.05) is 23.7 Å². The average molecular weight is 384 g/mol. The summed E-state index contributed by atoms with van der Waals surface area (Å²) in [6.45, 7) is 0.247. The van der Waals surface area contributed by atoms with Gasteiger partial charge in [0.25, 0.3) is 0 Å². The van der Waals surface area contributed by atoms with E-state index in [0.29, 0.717) is 12.1 Å². The van der Waals surface area contributed by atoms with Gasteiger partial charge in [0.05, 0.1) is 11.4 Å². The van der Waals surface area contributed by atoms with E-state index in [1.807, 2.05) is 24.3 Å². The molecule has 0 atom stereocenters. The topological polar surface area (TPSA) is 83.5 Å². The van der Waals surface area contributed by atoms with E-state index < -0.39 is 10.0 Å². The Morgan fingerprint density at radius 2 is 1.74 bits per heavy atom. The molecule has 1 aliphatic carbocycles. The number of sulfonamides is 1. The molecule has 2 aliphatic rings. The third-order valence-electron chi connectivity index (χ3n) is 5.00. The second-order valence-corrected chi connectivity index (χ2v) is 8.68. The van der Waals surface area contributed by atoms with E-state index in [-0.39, 0.29) is 29.0 Å². The summed E-state index contributed by atoms with van der Waals surface area (Å²) in [4.78, 5) is 26.1. The minimum Gasteiger partial charge on any atom is -0.311 e. The summed E-state index contributed by atoms with van der Waals surface area (Å²) in [5.41, 5.74) is 2.45. The Kier molecular flexibility index (Phi) is 4.57. The van der Waals surface area contributed by atoms with Gasteiger partial charge in [-0.05, 0) is 43.0 Å². The van der Waals surface area contributed by atoms with Crippen LogP contribution in [0.3, 0.4) is 0 Å². The highest BCUT2D eigenvalue weighted by atomic mass is 32.2. The highest BCUT2D eigenvalue weighted by Crippen LogP contribution is 2.32. The number of hydrogen-bond acceptors (Lipinski definition) is 4. The molecular weight excluding hydrogens is 364 g/mol. The van der Waals surface area contributed by atoms with Crippen molar-refractivity contribution in [2.75, 3.05) is 18.0 Å². The van der Waals surface area contributed by atoms with E-state index in [1.165, 1.54) is 24.3 Å². The van der Waals surface area contributed by atoms with Crippen molar-refractivity contribution in [1.29, 1.82) is 0 Å². The molecule has 0 saturated heterocycles. The number of nitrogens with zero attached hydrogens (tertiary/aromatic N) is 1. The summed E-state index contributed by atoms with van der Waals surface area (Å²) >= 11 is 0. The van der Waals surface area contributed by atoms with E-state index in [2.05, 4.69) is 4.72 Å². The molecule has 1 heterocycles. The number of nitrogens with one attached hydrogen (secondary N) is 1.